The summed E-state index contributed by atoms with van der Waals surface area (Å²) < 4.78 is 17.2. The number of hydrogen-bond acceptors (Lipinski definition) is 5. The molecule has 0 aromatic heterocycles. The Bertz CT molecular complexity index is 567. The Kier molecular flexibility index (Phi) is 6.08. The smallest absolute Gasteiger partial charge is 0.412 e. The number of ether oxygens (including phenoxy) is 3. The zero-order valence-corrected chi connectivity index (χ0v) is 15.7. The minimum atomic E-state index is -0.878. The Balaban J connectivity index is 2.08. The average Bonchev–Trinajstić information content (AvgIpc) is 2.77. The van der Waals surface area contributed by atoms with Crippen LogP contribution in [0.4, 0.5) is 4.79 Å². The number of rotatable bonds is 5. The van der Waals surface area contributed by atoms with Gasteiger partial charge in [0.15, 0.2) is 0 Å². The molecule has 6 nitrogen and oxygen atoms in total. The molecule has 2 unspecified atom stereocenters. The molecule has 0 saturated carbocycles. The number of carbonyl (C=O) groups is 1. The lowest BCUT2D eigenvalue weighted by Gasteiger charge is -2.35. The molecule has 6 heteroatoms. The first-order valence-electron chi connectivity index (χ1n) is 8.57. The third-order valence-corrected chi connectivity index (χ3v) is 3.95. The van der Waals surface area contributed by atoms with Gasteiger partial charge in [0.2, 0.25) is 0 Å². The van der Waals surface area contributed by atoms with Crippen molar-refractivity contribution in [2.24, 2.45) is 0 Å². The average molecular weight is 351 g/mol. The molecule has 1 amide bonds. The minimum absolute atomic E-state index is 0.192. The van der Waals surface area contributed by atoms with Gasteiger partial charge in [0.05, 0.1) is 25.9 Å². The number of aliphatic hydroxyl groups is 1. The third-order valence-electron chi connectivity index (χ3n) is 3.95. The van der Waals surface area contributed by atoms with E-state index in [1.54, 1.807) is 13.8 Å². The van der Waals surface area contributed by atoms with Crippen molar-refractivity contribution in [3.05, 3.63) is 35.9 Å². The SMILES string of the molecule is CC(C)(C)OC(=O)N1C(COCc2ccccc2)C(CO)OC1(C)C. The van der Waals surface area contributed by atoms with Gasteiger partial charge in [-0.2, -0.15) is 0 Å². The number of nitrogens with zero attached hydrogens (tertiary/aromatic N) is 1. The topological polar surface area (TPSA) is 68.2 Å². The molecule has 1 aromatic carbocycles. The molecule has 1 aliphatic heterocycles. The molecule has 1 aliphatic rings. The van der Waals surface area contributed by atoms with Crippen molar-refractivity contribution in [2.75, 3.05) is 13.2 Å². The highest BCUT2D eigenvalue weighted by Gasteiger charge is 2.51. The van der Waals surface area contributed by atoms with Gasteiger partial charge in [-0.25, -0.2) is 4.79 Å². The quantitative estimate of drug-likeness (QED) is 0.883. The van der Waals surface area contributed by atoms with Crippen LogP contribution in [0, 0.1) is 0 Å². The monoisotopic (exact) mass is 351 g/mol. The van der Waals surface area contributed by atoms with Gasteiger partial charge in [0, 0.05) is 0 Å². The fourth-order valence-corrected chi connectivity index (χ4v) is 2.95. The number of carbonyl (C=O) groups excluding carboxylic acids is 1. The maximum atomic E-state index is 12.7. The van der Waals surface area contributed by atoms with Crippen molar-refractivity contribution < 1.29 is 24.1 Å². The van der Waals surface area contributed by atoms with E-state index in [4.69, 9.17) is 14.2 Å². The second-order valence-electron chi connectivity index (χ2n) is 7.70. The maximum Gasteiger partial charge on any atom is 0.412 e. The fraction of sp³-hybridized carbons (Fsp3) is 0.632. The van der Waals surface area contributed by atoms with E-state index in [0.29, 0.717) is 6.61 Å². The van der Waals surface area contributed by atoms with Crippen LogP contribution in [0.15, 0.2) is 30.3 Å². The Morgan fingerprint density at radius 3 is 2.48 bits per heavy atom. The van der Waals surface area contributed by atoms with Crippen molar-refractivity contribution >= 4 is 6.09 Å². The molecule has 1 fully saturated rings. The van der Waals surface area contributed by atoms with E-state index < -0.39 is 29.6 Å². The van der Waals surface area contributed by atoms with Crippen LogP contribution in [0.5, 0.6) is 0 Å². The van der Waals surface area contributed by atoms with E-state index >= 15 is 0 Å². The Labute approximate surface area is 149 Å². The summed E-state index contributed by atoms with van der Waals surface area (Å²) in [4.78, 5) is 14.2. The maximum absolute atomic E-state index is 12.7. The molecule has 0 spiro atoms. The molecular weight excluding hydrogens is 322 g/mol. The molecule has 2 atom stereocenters. The summed E-state index contributed by atoms with van der Waals surface area (Å²) in [6, 6.07) is 9.38. The standard InChI is InChI=1S/C19H29NO5/c1-18(2,3)25-17(22)20-15(16(11-21)24-19(20,4)5)13-23-12-14-9-7-6-8-10-14/h6-10,15-16,21H,11-13H2,1-5H3. The van der Waals surface area contributed by atoms with Gasteiger partial charge in [0.25, 0.3) is 0 Å². The van der Waals surface area contributed by atoms with Crippen molar-refractivity contribution in [1.82, 2.24) is 4.90 Å². The highest BCUT2D eigenvalue weighted by Crippen LogP contribution is 2.33. The highest BCUT2D eigenvalue weighted by molar-refractivity contribution is 5.70. The lowest BCUT2D eigenvalue weighted by atomic mass is 10.1. The van der Waals surface area contributed by atoms with E-state index in [1.165, 1.54) is 4.90 Å². The first-order chi connectivity index (χ1) is 11.6. The molecule has 0 bridgehead atoms. The van der Waals surface area contributed by atoms with Gasteiger partial charge in [-0.15, -0.1) is 0 Å². The van der Waals surface area contributed by atoms with Crippen molar-refractivity contribution in [3.8, 4) is 0 Å². The van der Waals surface area contributed by atoms with Crippen LogP contribution in [0.1, 0.15) is 40.2 Å². The first-order valence-corrected chi connectivity index (χ1v) is 8.57. The predicted octanol–water partition coefficient (Wildman–Crippen LogP) is 2.94. The molecule has 1 aromatic rings. The number of aliphatic hydroxyl groups excluding tert-OH is 1. The van der Waals surface area contributed by atoms with Gasteiger partial charge in [-0.3, -0.25) is 4.90 Å². The van der Waals surface area contributed by atoms with E-state index in [1.807, 2.05) is 51.1 Å². The van der Waals surface area contributed by atoms with Crippen LogP contribution in [0.25, 0.3) is 0 Å². The summed E-state index contributed by atoms with van der Waals surface area (Å²) >= 11 is 0. The van der Waals surface area contributed by atoms with Crippen LogP contribution in [0.2, 0.25) is 0 Å². The summed E-state index contributed by atoms with van der Waals surface area (Å²) in [5, 5.41) is 9.66. The van der Waals surface area contributed by atoms with Crippen LogP contribution in [-0.4, -0.2) is 52.8 Å². The molecule has 0 aliphatic carbocycles. The summed E-state index contributed by atoms with van der Waals surface area (Å²) in [5.74, 6) is 0. The Morgan fingerprint density at radius 2 is 1.92 bits per heavy atom. The van der Waals surface area contributed by atoms with Gasteiger partial charge < -0.3 is 19.3 Å². The summed E-state index contributed by atoms with van der Waals surface area (Å²) in [6.45, 7) is 9.52. The third kappa shape index (κ3) is 5.17. The second kappa shape index (κ2) is 7.72. The van der Waals surface area contributed by atoms with Crippen molar-refractivity contribution in [3.63, 3.8) is 0 Å². The molecule has 1 saturated heterocycles. The lowest BCUT2D eigenvalue weighted by molar-refractivity contribution is -0.0868. The van der Waals surface area contributed by atoms with Crippen molar-refractivity contribution in [1.29, 1.82) is 0 Å². The van der Waals surface area contributed by atoms with Gasteiger partial charge in [0.1, 0.15) is 17.4 Å². The molecule has 2 rings (SSSR count). The second-order valence-corrected chi connectivity index (χ2v) is 7.70. The van der Waals surface area contributed by atoms with E-state index in [2.05, 4.69) is 0 Å². The summed E-state index contributed by atoms with van der Waals surface area (Å²) in [6.07, 6.45) is -0.986. The Morgan fingerprint density at radius 1 is 1.28 bits per heavy atom. The number of hydrogen-bond donors (Lipinski definition) is 1. The lowest BCUT2D eigenvalue weighted by Crippen LogP contribution is -2.52. The zero-order valence-electron chi connectivity index (χ0n) is 15.7. The van der Waals surface area contributed by atoms with E-state index in [-0.39, 0.29) is 13.2 Å². The van der Waals surface area contributed by atoms with Crippen LogP contribution >= 0.6 is 0 Å². The van der Waals surface area contributed by atoms with Gasteiger partial charge in [-0.05, 0) is 40.2 Å². The molecule has 140 valence electrons. The van der Waals surface area contributed by atoms with Crippen LogP contribution < -0.4 is 0 Å². The summed E-state index contributed by atoms with van der Waals surface area (Å²) in [5.41, 5.74) is -0.443. The van der Waals surface area contributed by atoms with Crippen molar-refractivity contribution in [2.45, 2.75) is 64.7 Å². The van der Waals surface area contributed by atoms with Gasteiger partial charge >= 0.3 is 6.09 Å². The first kappa shape index (κ1) is 19.7. The number of amides is 1. The molecule has 25 heavy (non-hydrogen) atoms. The fourth-order valence-electron chi connectivity index (χ4n) is 2.95. The molecule has 1 heterocycles. The molecule has 0 radical (unpaired) electrons. The normalized spacial score (nSPS) is 22.9. The summed E-state index contributed by atoms with van der Waals surface area (Å²) in [7, 11) is 0. The molecule has 1 N–H and O–H groups in total. The molecular formula is C19H29NO5. The van der Waals surface area contributed by atoms with Crippen LogP contribution in [-0.2, 0) is 20.8 Å². The number of benzene rings is 1. The largest absolute Gasteiger partial charge is 0.444 e. The van der Waals surface area contributed by atoms with E-state index in [0.717, 1.165) is 5.56 Å². The predicted molar refractivity (Wildman–Crippen MR) is 94.0 cm³/mol. The Hall–Kier alpha value is -1.63. The van der Waals surface area contributed by atoms with Crippen LogP contribution in [0.3, 0.4) is 0 Å². The van der Waals surface area contributed by atoms with Gasteiger partial charge in [-0.1, -0.05) is 30.3 Å². The van der Waals surface area contributed by atoms with E-state index in [9.17, 15) is 9.90 Å². The minimum Gasteiger partial charge on any atom is -0.444 e. The highest BCUT2D eigenvalue weighted by atomic mass is 16.6. The zero-order chi connectivity index (χ0) is 18.7.